The summed E-state index contributed by atoms with van der Waals surface area (Å²) >= 11 is 1.53. The highest BCUT2D eigenvalue weighted by atomic mass is 32.1. The van der Waals surface area contributed by atoms with E-state index in [1.165, 1.54) is 11.3 Å². The van der Waals surface area contributed by atoms with Gasteiger partial charge in [0.15, 0.2) is 0 Å². The standard InChI is InChI=1S/C19H16N8O2S/c1-27-9-11(7-22-27)12-4-14-13(8-21-12)23-18(30-14)6-17-26-25-16(29-17)5-15(28)24-19(10-20)2-3-19/h4,7-9H,2-3,5-6H2,1H3,(H,24,28). The molecule has 0 radical (unpaired) electrons. The number of hydrogen-bond acceptors (Lipinski definition) is 9. The fraction of sp³-hybridized carbons (Fsp3) is 0.316. The molecule has 0 saturated heterocycles. The van der Waals surface area contributed by atoms with Gasteiger partial charge in [0.25, 0.3) is 0 Å². The van der Waals surface area contributed by atoms with Gasteiger partial charge in [-0.1, -0.05) is 0 Å². The van der Waals surface area contributed by atoms with Crippen LogP contribution in [0, 0.1) is 11.3 Å². The summed E-state index contributed by atoms with van der Waals surface area (Å²) in [7, 11) is 1.86. The molecular formula is C19H16N8O2S. The molecule has 4 aromatic rings. The third kappa shape index (κ3) is 3.65. The maximum absolute atomic E-state index is 12.0. The lowest BCUT2D eigenvalue weighted by molar-refractivity contribution is -0.121. The molecule has 1 aliphatic carbocycles. The van der Waals surface area contributed by atoms with Gasteiger partial charge in [-0.15, -0.1) is 21.5 Å². The van der Waals surface area contributed by atoms with Crippen molar-refractivity contribution < 1.29 is 9.21 Å². The van der Waals surface area contributed by atoms with E-state index in [1.54, 1.807) is 17.1 Å². The topological polar surface area (TPSA) is 135 Å². The van der Waals surface area contributed by atoms with Crippen molar-refractivity contribution in [3.05, 3.63) is 41.4 Å². The molecule has 30 heavy (non-hydrogen) atoms. The van der Waals surface area contributed by atoms with Crippen molar-refractivity contribution in [1.82, 2.24) is 35.3 Å². The van der Waals surface area contributed by atoms with Crippen molar-refractivity contribution >= 4 is 27.5 Å². The SMILES string of the molecule is Cn1cc(-c2cc3sc(Cc4nnc(CC(=O)NC5(C#N)CC5)o4)nc3cn2)cn1. The number of fused-ring (bicyclic) bond motifs is 1. The predicted octanol–water partition coefficient (Wildman–Crippen LogP) is 1.78. The lowest BCUT2D eigenvalue weighted by atomic mass is 10.2. The molecule has 1 fully saturated rings. The molecule has 1 aliphatic rings. The van der Waals surface area contributed by atoms with E-state index in [0.29, 0.717) is 25.2 Å². The smallest absolute Gasteiger partial charge is 0.230 e. The van der Waals surface area contributed by atoms with Gasteiger partial charge in [0, 0.05) is 18.8 Å². The number of nitriles is 1. The number of hydrogen-bond donors (Lipinski definition) is 1. The van der Waals surface area contributed by atoms with E-state index in [4.69, 9.17) is 9.68 Å². The van der Waals surface area contributed by atoms with E-state index in [-0.39, 0.29) is 18.2 Å². The Labute approximate surface area is 174 Å². The Balaban J connectivity index is 1.28. The maximum atomic E-state index is 12.0. The highest BCUT2D eigenvalue weighted by molar-refractivity contribution is 7.18. The van der Waals surface area contributed by atoms with Crippen molar-refractivity contribution in [2.45, 2.75) is 31.2 Å². The lowest BCUT2D eigenvalue weighted by Gasteiger charge is -2.06. The summed E-state index contributed by atoms with van der Waals surface area (Å²) in [5.74, 6) is 0.315. The average molecular weight is 420 g/mol. The fourth-order valence-corrected chi connectivity index (χ4v) is 4.03. The Bertz CT molecular complexity index is 1290. The van der Waals surface area contributed by atoms with Crippen molar-refractivity contribution in [3.63, 3.8) is 0 Å². The Kier molecular flexibility index (Phi) is 4.29. The van der Waals surface area contributed by atoms with Crippen LogP contribution in [-0.4, -0.2) is 41.4 Å². The molecule has 1 amide bonds. The largest absolute Gasteiger partial charge is 0.424 e. The van der Waals surface area contributed by atoms with E-state index in [2.05, 4.69) is 36.7 Å². The fourth-order valence-electron chi connectivity index (χ4n) is 3.07. The molecule has 150 valence electrons. The highest BCUT2D eigenvalue weighted by Gasteiger charge is 2.44. The van der Waals surface area contributed by atoms with Crippen molar-refractivity contribution in [1.29, 1.82) is 5.26 Å². The third-order valence-corrected chi connectivity index (χ3v) is 5.80. The zero-order valence-corrected chi connectivity index (χ0v) is 16.8. The minimum absolute atomic E-state index is 0.0470. The number of amides is 1. The van der Waals surface area contributed by atoms with Gasteiger partial charge in [-0.3, -0.25) is 14.5 Å². The summed E-state index contributed by atoms with van der Waals surface area (Å²) in [5, 5.41) is 24.7. The summed E-state index contributed by atoms with van der Waals surface area (Å²) in [4.78, 5) is 21.1. The van der Waals surface area contributed by atoms with Crippen LogP contribution in [0.15, 0.2) is 29.1 Å². The summed E-state index contributed by atoms with van der Waals surface area (Å²) in [6, 6.07) is 4.11. The van der Waals surface area contributed by atoms with Gasteiger partial charge < -0.3 is 9.73 Å². The van der Waals surface area contributed by atoms with Crippen LogP contribution in [0.1, 0.15) is 29.6 Å². The minimum Gasteiger partial charge on any atom is -0.424 e. The van der Waals surface area contributed by atoms with Crippen molar-refractivity contribution in [2.75, 3.05) is 0 Å². The second-order valence-corrected chi connectivity index (χ2v) is 8.35. The Morgan fingerprint density at radius 2 is 2.20 bits per heavy atom. The van der Waals surface area contributed by atoms with Crippen LogP contribution in [0.4, 0.5) is 0 Å². The van der Waals surface area contributed by atoms with Gasteiger partial charge in [0.2, 0.25) is 17.7 Å². The zero-order chi connectivity index (χ0) is 20.7. The number of carbonyl (C=O) groups excluding carboxylic acids is 1. The molecule has 4 aromatic heterocycles. The number of rotatable bonds is 6. The third-order valence-electron chi connectivity index (χ3n) is 4.79. The van der Waals surface area contributed by atoms with Crippen LogP contribution in [0.25, 0.3) is 21.5 Å². The summed E-state index contributed by atoms with van der Waals surface area (Å²) in [6.45, 7) is 0. The van der Waals surface area contributed by atoms with Gasteiger partial charge in [-0.2, -0.15) is 10.4 Å². The van der Waals surface area contributed by atoms with Crippen LogP contribution in [0.2, 0.25) is 0 Å². The molecule has 0 bridgehead atoms. The molecule has 0 aliphatic heterocycles. The molecule has 1 saturated carbocycles. The van der Waals surface area contributed by atoms with Crippen molar-refractivity contribution in [2.24, 2.45) is 7.05 Å². The quantitative estimate of drug-likeness (QED) is 0.499. The monoisotopic (exact) mass is 420 g/mol. The van der Waals surface area contributed by atoms with E-state index in [0.717, 1.165) is 26.5 Å². The predicted molar refractivity (Wildman–Crippen MR) is 106 cm³/mol. The van der Waals surface area contributed by atoms with Crippen LogP contribution in [0.5, 0.6) is 0 Å². The maximum Gasteiger partial charge on any atom is 0.230 e. The second-order valence-electron chi connectivity index (χ2n) is 7.23. The van der Waals surface area contributed by atoms with E-state index >= 15 is 0 Å². The minimum atomic E-state index is -0.705. The first-order valence-electron chi connectivity index (χ1n) is 9.30. The molecule has 0 unspecified atom stereocenters. The van der Waals surface area contributed by atoms with Crippen LogP contribution >= 0.6 is 11.3 Å². The normalized spacial score (nSPS) is 14.5. The Morgan fingerprint density at radius 3 is 2.93 bits per heavy atom. The summed E-state index contributed by atoms with van der Waals surface area (Å²) in [5.41, 5.74) is 1.87. The summed E-state index contributed by atoms with van der Waals surface area (Å²) < 4.78 is 8.33. The zero-order valence-electron chi connectivity index (χ0n) is 16.0. The molecule has 5 rings (SSSR count). The molecule has 11 heteroatoms. The van der Waals surface area contributed by atoms with Gasteiger partial charge in [0.05, 0.1) is 40.8 Å². The first-order valence-corrected chi connectivity index (χ1v) is 10.1. The molecule has 1 N–H and O–H groups in total. The lowest BCUT2D eigenvalue weighted by Crippen LogP contribution is -2.36. The molecular weight excluding hydrogens is 404 g/mol. The van der Waals surface area contributed by atoms with Crippen LogP contribution < -0.4 is 5.32 Å². The highest BCUT2D eigenvalue weighted by Crippen LogP contribution is 2.34. The number of thiazole rings is 1. The van der Waals surface area contributed by atoms with Crippen LogP contribution in [0.3, 0.4) is 0 Å². The number of pyridine rings is 1. The number of aryl methyl sites for hydroxylation is 1. The van der Waals surface area contributed by atoms with Gasteiger partial charge in [-0.25, -0.2) is 4.98 Å². The van der Waals surface area contributed by atoms with Crippen molar-refractivity contribution in [3.8, 4) is 17.3 Å². The molecule has 4 heterocycles. The van der Waals surface area contributed by atoms with Gasteiger partial charge >= 0.3 is 0 Å². The Morgan fingerprint density at radius 1 is 1.37 bits per heavy atom. The first kappa shape index (κ1) is 18.4. The molecule has 0 spiro atoms. The van der Waals surface area contributed by atoms with Gasteiger partial charge in [0.1, 0.15) is 17.0 Å². The molecule has 0 aromatic carbocycles. The molecule has 10 nitrogen and oxygen atoms in total. The van der Waals surface area contributed by atoms with Gasteiger partial charge in [-0.05, 0) is 18.9 Å². The number of nitrogens with one attached hydrogen (secondary N) is 1. The number of nitrogens with zero attached hydrogens (tertiary/aromatic N) is 7. The number of carbonyl (C=O) groups is 1. The van der Waals surface area contributed by atoms with E-state index in [1.807, 2.05) is 19.3 Å². The first-order chi connectivity index (χ1) is 14.5. The number of aromatic nitrogens is 6. The Hall–Kier alpha value is -3.65. The van der Waals surface area contributed by atoms with E-state index < -0.39 is 5.54 Å². The average Bonchev–Trinajstić information content (AvgIpc) is 3.05. The van der Waals surface area contributed by atoms with Crippen LogP contribution in [-0.2, 0) is 24.7 Å². The second kappa shape index (κ2) is 7.00. The molecule has 0 atom stereocenters. The summed E-state index contributed by atoms with van der Waals surface area (Å²) in [6.07, 6.45) is 7.11. The van der Waals surface area contributed by atoms with E-state index in [9.17, 15) is 4.79 Å².